The zero-order valence-corrected chi connectivity index (χ0v) is 15.7. The highest BCUT2D eigenvalue weighted by Crippen LogP contribution is 2.49. The van der Waals surface area contributed by atoms with Gasteiger partial charge in [-0.3, -0.25) is 0 Å². The van der Waals surface area contributed by atoms with Gasteiger partial charge in [-0.1, -0.05) is 30.3 Å². The van der Waals surface area contributed by atoms with Crippen molar-refractivity contribution in [2.75, 3.05) is 0 Å². The lowest BCUT2D eigenvalue weighted by Crippen LogP contribution is -2.58. The Kier molecular flexibility index (Phi) is 4.31. The molecule has 1 saturated carbocycles. The van der Waals surface area contributed by atoms with Gasteiger partial charge in [0.2, 0.25) is 0 Å². The predicted octanol–water partition coefficient (Wildman–Crippen LogP) is 4.75. The molecule has 0 bridgehead atoms. The van der Waals surface area contributed by atoms with E-state index in [-0.39, 0.29) is 11.7 Å². The molecule has 0 amide bonds. The molecule has 0 spiro atoms. The fourth-order valence-electron chi connectivity index (χ4n) is 2.88. The van der Waals surface area contributed by atoms with Crippen LogP contribution in [0, 0.1) is 0 Å². The molecule has 2 atom stereocenters. The molecule has 2 nitrogen and oxygen atoms in total. The van der Waals surface area contributed by atoms with Gasteiger partial charge in [0.15, 0.2) is 16.6 Å². The number of hydrogen-bond acceptors (Lipinski definition) is 2. The summed E-state index contributed by atoms with van der Waals surface area (Å²) in [6, 6.07) is 10.7. The van der Waals surface area contributed by atoms with Gasteiger partial charge in [-0.05, 0) is 57.7 Å². The molecule has 0 heterocycles. The van der Waals surface area contributed by atoms with E-state index in [4.69, 9.17) is 8.85 Å². The summed E-state index contributed by atoms with van der Waals surface area (Å²) in [6.45, 7) is 13.6. The maximum absolute atomic E-state index is 6.64. The summed E-state index contributed by atoms with van der Waals surface area (Å²) in [5.74, 6) is 0. The van der Waals surface area contributed by atoms with E-state index < -0.39 is 16.6 Å². The van der Waals surface area contributed by atoms with E-state index in [1.54, 1.807) is 0 Å². The summed E-state index contributed by atoms with van der Waals surface area (Å²) < 4.78 is 13.1. The van der Waals surface area contributed by atoms with Crippen molar-refractivity contribution in [1.82, 2.24) is 0 Å². The van der Waals surface area contributed by atoms with Gasteiger partial charge in [0.05, 0.1) is 6.10 Å². The van der Waals surface area contributed by atoms with Crippen LogP contribution in [0.4, 0.5) is 0 Å². The number of rotatable bonds is 5. The molecule has 0 N–H and O–H groups in total. The minimum atomic E-state index is -1.63. The molecule has 0 saturated heterocycles. The molecule has 1 aliphatic carbocycles. The molecule has 2 rings (SSSR count). The van der Waals surface area contributed by atoms with Crippen molar-refractivity contribution in [1.29, 1.82) is 0 Å². The van der Waals surface area contributed by atoms with Crippen molar-refractivity contribution in [3.05, 3.63) is 35.9 Å². The van der Waals surface area contributed by atoms with E-state index in [9.17, 15) is 0 Å². The van der Waals surface area contributed by atoms with E-state index in [2.05, 4.69) is 69.6 Å². The summed E-state index contributed by atoms with van der Waals surface area (Å²) in [4.78, 5) is 0. The van der Waals surface area contributed by atoms with Gasteiger partial charge in [0, 0.05) is 0 Å². The third kappa shape index (κ3) is 3.61. The Bertz CT molecular complexity index is 448. The second-order valence-electron chi connectivity index (χ2n) is 7.73. The van der Waals surface area contributed by atoms with Crippen LogP contribution < -0.4 is 0 Å². The van der Waals surface area contributed by atoms with E-state index in [1.807, 2.05) is 0 Å². The molecule has 0 radical (unpaired) electrons. The van der Waals surface area contributed by atoms with E-state index in [1.165, 1.54) is 5.56 Å². The van der Waals surface area contributed by atoms with Crippen LogP contribution in [0.5, 0.6) is 0 Å². The van der Waals surface area contributed by atoms with E-state index in [0.29, 0.717) is 0 Å². The fourth-order valence-corrected chi connectivity index (χ4v) is 5.48. The first kappa shape index (κ1) is 16.0. The third-order valence-electron chi connectivity index (χ3n) is 3.54. The van der Waals surface area contributed by atoms with Gasteiger partial charge >= 0.3 is 0 Å². The highest BCUT2D eigenvalue weighted by Gasteiger charge is 2.53. The van der Waals surface area contributed by atoms with Crippen LogP contribution in [0.2, 0.25) is 39.3 Å². The van der Waals surface area contributed by atoms with Gasteiger partial charge in [-0.15, -0.1) is 0 Å². The van der Waals surface area contributed by atoms with Crippen LogP contribution in [0.25, 0.3) is 0 Å². The Labute approximate surface area is 125 Å². The Balaban J connectivity index is 2.31. The van der Waals surface area contributed by atoms with Crippen LogP contribution in [0.15, 0.2) is 30.3 Å². The highest BCUT2D eigenvalue weighted by atomic mass is 28.4. The molecular weight excluding hydrogens is 280 g/mol. The second-order valence-corrected chi connectivity index (χ2v) is 16.6. The summed E-state index contributed by atoms with van der Waals surface area (Å²) in [7, 11) is -3.18. The predicted molar refractivity (Wildman–Crippen MR) is 90.0 cm³/mol. The summed E-state index contributed by atoms with van der Waals surface area (Å²) in [5, 5.41) is 0. The summed E-state index contributed by atoms with van der Waals surface area (Å²) in [6.07, 6.45) is 2.42. The molecule has 2 unspecified atom stereocenters. The standard InChI is InChI=1S/C16H28O2Si2/c1-19(2,3)17-15-12-13-16(15,18-20(4,5)6)14-10-8-7-9-11-14/h7-11,15H,12-13H2,1-6H3. The maximum atomic E-state index is 6.64. The zero-order valence-electron chi connectivity index (χ0n) is 13.7. The molecular formula is C16H28O2Si2. The number of benzene rings is 1. The molecule has 20 heavy (non-hydrogen) atoms. The lowest BCUT2D eigenvalue weighted by Gasteiger charge is -2.54. The monoisotopic (exact) mass is 308 g/mol. The Morgan fingerprint density at radius 3 is 1.95 bits per heavy atom. The first-order valence-electron chi connectivity index (χ1n) is 7.56. The van der Waals surface area contributed by atoms with E-state index in [0.717, 1.165) is 12.8 Å². The molecule has 1 aromatic carbocycles. The van der Waals surface area contributed by atoms with Crippen molar-refractivity contribution in [3.8, 4) is 0 Å². The summed E-state index contributed by atoms with van der Waals surface area (Å²) in [5.41, 5.74) is 1.09. The van der Waals surface area contributed by atoms with Crippen molar-refractivity contribution in [2.45, 2.75) is 63.8 Å². The zero-order chi connectivity index (χ0) is 15.0. The van der Waals surface area contributed by atoms with Gasteiger partial charge in [0.1, 0.15) is 5.60 Å². The summed E-state index contributed by atoms with van der Waals surface area (Å²) >= 11 is 0. The maximum Gasteiger partial charge on any atom is 0.185 e. The third-order valence-corrected chi connectivity index (χ3v) is 5.51. The van der Waals surface area contributed by atoms with Crippen LogP contribution in [-0.2, 0) is 14.5 Å². The minimum Gasteiger partial charge on any atom is -0.411 e. The van der Waals surface area contributed by atoms with Crippen molar-refractivity contribution >= 4 is 16.6 Å². The Morgan fingerprint density at radius 1 is 0.950 bits per heavy atom. The first-order valence-corrected chi connectivity index (χ1v) is 14.4. The molecule has 1 fully saturated rings. The van der Waals surface area contributed by atoms with Crippen LogP contribution in [-0.4, -0.2) is 22.7 Å². The largest absolute Gasteiger partial charge is 0.411 e. The fraction of sp³-hybridized carbons (Fsp3) is 0.625. The molecule has 0 aromatic heterocycles. The van der Waals surface area contributed by atoms with Crippen molar-refractivity contribution in [2.24, 2.45) is 0 Å². The Morgan fingerprint density at radius 2 is 1.55 bits per heavy atom. The second kappa shape index (κ2) is 5.41. The Hall–Kier alpha value is -0.426. The smallest absolute Gasteiger partial charge is 0.185 e. The minimum absolute atomic E-state index is 0.202. The van der Waals surface area contributed by atoms with Gasteiger partial charge in [-0.2, -0.15) is 0 Å². The van der Waals surface area contributed by atoms with Crippen LogP contribution in [0.3, 0.4) is 0 Å². The molecule has 1 aliphatic rings. The van der Waals surface area contributed by atoms with Crippen molar-refractivity contribution in [3.63, 3.8) is 0 Å². The van der Waals surface area contributed by atoms with Crippen molar-refractivity contribution < 1.29 is 8.85 Å². The normalized spacial score (nSPS) is 27.2. The lowest BCUT2D eigenvalue weighted by atomic mass is 9.72. The number of hydrogen-bond donors (Lipinski definition) is 0. The molecule has 112 valence electrons. The van der Waals surface area contributed by atoms with Crippen LogP contribution in [0.1, 0.15) is 18.4 Å². The van der Waals surface area contributed by atoms with Crippen LogP contribution >= 0.6 is 0 Å². The molecule has 0 aliphatic heterocycles. The molecule has 1 aromatic rings. The quantitative estimate of drug-likeness (QED) is 0.731. The topological polar surface area (TPSA) is 18.5 Å². The SMILES string of the molecule is C[Si](C)(C)OC1CCC1(O[Si](C)(C)C)c1ccccc1. The first-order chi connectivity index (χ1) is 9.12. The van der Waals surface area contributed by atoms with Gasteiger partial charge in [0.25, 0.3) is 0 Å². The van der Waals surface area contributed by atoms with Gasteiger partial charge in [-0.25, -0.2) is 0 Å². The highest BCUT2D eigenvalue weighted by molar-refractivity contribution is 6.70. The average Bonchev–Trinajstić information content (AvgIpc) is 2.31. The molecule has 4 heteroatoms. The van der Waals surface area contributed by atoms with E-state index >= 15 is 0 Å². The lowest BCUT2D eigenvalue weighted by molar-refractivity contribution is -0.128. The van der Waals surface area contributed by atoms with Gasteiger partial charge < -0.3 is 8.85 Å². The average molecular weight is 309 g/mol.